The lowest BCUT2D eigenvalue weighted by atomic mass is 10.1. The van der Waals surface area contributed by atoms with Crippen molar-refractivity contribution in [2.45, 2.75) is 11.4 Å². The zero-order chi connectivity index (χ0) is 14.5. The second kappa shape index (κ2) is 6.70. The minimum absolute atomic E-state index is 0.209. The van der Waals surface area contributed by atoms with Gasteiger partial charge in [-0.2, -0.15) is 0 Å². The van der Waals surface area contributed by atoms with E-state index in [1.807, 2.05) is 30.3 Å². The maximum Gasteiger partial charge on any atom is 0.127 e. The van der Waals surface area contributed by atoms with Crippen molar-refractivity contribution in [3.05, 3.63) is 54.6 Å². The molecule has 0 bridgehead atoms. The zero-order valence-electron chi connectivity index (χ0n) is 11.6. The van der Waals surface area contributed by atoms with E-state index in [0.29, 0.717) is 0 Å². The first-order valence-corrected chi connectivity index (χ1v) is 7.93. The highest BCUT2D eigenvalue weighted by Gasteiger charge is 2.10. The first-order chi connectivity index (χ1) is 10.4. The Bertz CT molecular complexity index is 731. The van der Waals surface area contributed by atoms with E-state index in [1.165, 1.54) is 0 Å². The fraction of sp³-hybridized carbons (Fsp3) is 0.176. The van der Waals surface area contributed by atoms with Crippen molar-refractivity contribution >= 4 is 22.5 Å². The van der Waals surface area contributed by atoms with Crippen LogP contribution in [0.1, 0.15) is 6.42 Å². The molecule has 1 N–H and O–H groups in total. The lowest BCUT2D eigenvalue weighted by Crippen LogP contribution is -1.95. The predicted molar refractivity (Wildman–Crippen MR) is 87.4 cm³/mol. The SMILES string of the molecule is OCCCSc1nnc(-c2ccccc2)c2ccccc12. The number of hydrogen-bond acceptors (Lipinski definition) is 4. The van der Waals surface area contributed by atoms with Crippen molar-refractivity contribution in [2.24, 2.45) is 0 Å². The monoisotopic (exact) mass is 296 g/mol. The van der Waals surface area contributed by atoms with Crippen LogP contribution in [0.2, 0.25) is 0 Å². The Hall–Kier alpha value is -1.91. The van der Waals surface area contributed by atoms with E-state index in [9.17, 15) is 0 Å². The van der Waals surface area contributed by atoms with Crippen LogP contribution in [0, 0.1) is 0 Å². The number of aliphatic hydroxyl groups excluding tert-OH is 1. The quantitative estimate of drug-likeness (QED) is 0.575. The number of thioether (sulfide) groups is 1. The standard InChI is InChI=1S/C17H16N2OS/c20-11-6-12-21-17-15-10-5-4-9-14(15)16(18-19-17)13-7-2-1-3-8-13/h1-5,7-10,20H,6,11-12H2. The smallest absolute Gasteiger partial charge is 0.127 e. The summed E-state index contributed by atoms with van der Waals surface area (Å²) in [6.45, 7) is 0.209. The third-order valence-corrected chi connectivity index (χ3v) is 4.31. The van der Waals surface area contributed by atoms with Gasteiger partial charge in [-0.15, -0.1) is 22.0 Å². The van der Waals surface area contributed by atoms with Crippen molar-refractivity contribution in [1.82, 2.24) is 10.2 Å². The summed E-state index contributed by atoms with van der Waals surface area (Å²) in [7, 11) is 0. The van der Waals surface area contributed by atoms with Crippen LogP contribution in [-0.4, -0.2) is 27.7 Å². The molecule has 0 aliphatic heterocycles. The van der Waals surface area contributed by atoms with Gasteiger partial charge in [0.2, 0.25) is 0 Å². The van der Waals surface area contributed by atoms with Crippen LogP contribution in [0.25, 0.3) is 22.0 Å². The maximum atomic E-state index is 8.90. The number of nitrogens with zero attached hydrogens (tertiary/aromatic N) is 2. The lowest BCUT2D eigenvalue weighted by molar-refractivity contribution is 0.296. The third kappa shape index (κ3) is 3.06. The molecule has 0 saturated heterocycles. The summed E-state index contributed by atoms with van der Waals surface area (Å²) in [6.07, 6.45) is 0.765. The molecule has 21 heavy (non-hydrogen) atoms. The van der Waals surface area contributed by atoms with Gasteiger partial charge in [0.1, 0.15) is 10.7 Å². The Kier molecular flexibility index (Phi) is 4.48. The molecule has 3 nitrogen and oxygen atoms in total. The summed E-state index contributed by atoms with van der Waals surface area (Å²) in [6, 6.07) is 18.3. The molecule has 0 saturated carbocycles. The fourth-order valence-electron chi connectivity index (χ4n) is 2.23. The molecule has 0 aliphatic rings. The van der Waals surface area contributed by atoms with Gasteiger partial charge in [0.05, 0.1) is 0 Å². The molecular formula is C17H16N2OS. The summed E-state index contributed by atoms with van der Waals surface area (Å²) in [5.74, 6) is 0.847. The Balaban J connectivity index is 2.07. The number of aromatic nitrogens is 2. The molecule has 0 fully saturated rings. The van der Waals surface area contributed by atoms with Gasteiger partial charge in [-0.25, -0.2) is 0 Å². The molecule has 1 heterocycles. The number of rotatable bonds is 5. The van der Waals surface area contributed by atoms with Crippen LogP contribution in [0.3, 0.4) is 0 Å². The summed E-state index contributed by atoms with van der Waals surface area (Å²) in [5, 5.41) is 20.9. The number of hydrogen-bond donors (Lipinski definition) is 1. The van der Waals surface area contributed by atoms with E-state index in [-0.39, 0.29) is 6.61 Å². The second-order valence-corrected chi connectivity index (χ2v) is 5.77. The maximum absolute atomic E-state index is 8.90. The minimum atomic E-state index is 0.209. The van der Waals surface area contributed by atoms with Crippen molar-refractivity contribution in [3.63, 3.8) is 0 Å². The summed E-state index contributed by atoms with van der Waals surface area (Å²) in [4.78, 5) is 0. The van der Waals surface area contributed by atoms with E-state index in [2.05, 4.69) is 34.5 Å². The van der Waals surface area contributed by atoms with Gasteiger partial charge < -0.3 is 5.11 Å². The molecule has 0 amide bonds. The highest BCUT2D eigenvalue weighted by molar-refractivity contribution is 7.99. The normalized spacial score (nSPS) is 10.9. The fourth-order valence-corrected chi connectivity index (χ4v) is 3.13. The highest BCUT2D eigenvalue weighted by atomic mass is 32.2. The molecule has 3 rings (SSSR count). The molecule has 106 valence electrons. The first kappa shape index (κ1) is 14.0. The van der Waals surface area contributed by atoms with Gasteiger partial charge in [0.15, 0.2) is 0 Å². The third-order valence-electron chi connectivity index (χ3n) is 3.24. The summed E-state index contributed by atoms with van der Waals surface area (Å²) >= 11 is 1.64. The van der Waals surface area contributed by atoms with Crippen molar-refractivity contribution in [1.29, 1.82) is 0 Å². The van der Waals surface area contributed by atoms with Crippen molar-refractivity contribution in [2.75, 3.05) is 12.4 Å². The predicted octanol–water partition coefficient (Wildman–Crippen LogP) is 3.77. The van der Waals surface area contributed by atoms with Gasteiger partial charge in [-0.05, 0) is 6.42 Å². The van der Waals surface area contributed by atoms with Crippen LogP contribution in [0.4, 0.5) is 0 Å². The second-order valence-electron chi connectivity index (χ2n) is 4.69. The van der Waals surface area contributed by atoms with Gasteiger partial charge in [0.25, 0.3) is 0 Å². The van der Waals surface area contributed by atoms with Gasteiger partial charge >= 0.3 is 0 Å². The summed E-state index contributed by atoms with van der Waals surface area (Å²) in [5.41, 5.74) is 1.99. The van der Waals surface area contributed by atoms with Crippen molar-refractivity contribution in [3.8, 4) is 11.3 Å². The molecule has 0 spiro atoms. The molecule has 4 heteroatoms. The van der Waals surface area contributed by atoms with Crippen LogP contribution in [-0.2, 0) is 0 Å². The van der Waals surface area contributed by atoms with Crippen LogP contribution < -0.4 is 0 Å². The van der Waals surface area contributed by atoms with E-state index in [1.54, 1.807) is 11.8 Å². The van der Waals surface area contributed by atoms with E-state index in [4.69, 9.17) is 5.11 Å². The Labute approximate surface area is 128 Å². The Morgan fingerprint density at radius 2 is 1.57 bits per heavy atom. The summed E-state index contributed by atoms with van der Waals surface area (Å²) < 4.78 is 0. The topological polar surface area (TPSA) is 46.0 Å². The van der Waals surface area contributed by atoms with E-state index >= 15 is 0 Å². The van der Waals surface area contributed by atoms with Gasteiger partial charge in [0, 0.05) is 28.7 Å². The number of benzene rings is 2. The molecule has 3 aromatic rings. The largest absolute Gasteiger partial charge is 0.396 e. The average molecular weight is 296 g/mol. The molecule has 2 aromatic carbocycles. The van der Waals surface area contributed by atoms with E-state index < -0.39 is 0 Å². The van der Waals surface area contributed by atoms with Crippen LogP contribution >= 0.6 is 11.8 Å². The molecule has 0 unspecified atom stereocenters. The van der Waals surface area contributed by atoms with Crippen LogP contribution in [0.15, 0.2) is 59.6 Å². The average Bonchev–Trinajstić information content (AvgIpc) is 2.56. The van der Waals surface area contributed by atoms with E-state index in [0.717, 1.165) is 39.2 Å². The molecular weight excluding hydrogens is 280 g/mol. The Morgan fingerprint density at radius 1 is 0.857 bits per heavy atom. The molecule has 0 atom stereocenters. The minimum Gasteiger partial charge on any atom is -0.396 e. The molecule has 0 aliphatic carbocycles. The first-order valence-electron chi connectivity index (χ1n) is 6.94. The number of fused-ring (bicyclic) bond motifs is 1. The Morgan fingerprint density at radius 3 is 2.33 bits per heavy atom. The highest BCUT2D eigenvalue weighted by Crippen LogP contribution is 2.31. The number of aliphatic hydroxyl groups is 1. The molecule has 0 radical (unpaired) electrons. The van der Waals surface area contributed by atoms with Gasteiger partial charge in [-0.3, -0.25) is 0 Å². The van der Waals surface area contributed by atoms with Crippen molar-refractivity contribution < 1.29 is 5.11 Å². The zero-order valence-corrected chi connectivity index (χ0v) is 12.4. The lowest BCUT2D eigenvalue weighted by Gasteiger charge is -2.08. The van der Waals surface area contributed by atoms with Gasteiger partial charge in [-0.1, -0.05) is 54.6 Å². The molecule has 1 aromatic heterocycles. The van der Waals surface area contributed by atoms with Crippen LogP contribution in [0.5, 0.6) is 0 Å².